The lowest BCUT2D eigenvalue weighted by Crippen LogP contribution is -1.98. The fraction of sp³-hybridized carbons (Fsp3) is 0.0435. The number of benzene rings is 2. The molecule has 0 amide bonds. The zero-order valence-electron chi connectivity index (χ0n) is 15.8. The van der Waals surface area contributed by atoms with Crippen molar-refractivity contribution in [2.45, 2.75) is 0 Å². The molecular weight excluding hydrogens is 384 g/mol. The van der Waals surface area contributed by atoms with Gasteiger partial charge in [0.2, 0.25) is 5.78 Å². The summed E-state index contributed by atoms with van der Waals surface area (Å²) in [6.07, 6.45) is 5.15. The van der Waals surface area contributed by atoms with Gasteiger partial charge in [0.25, 0.3) is 0 Å². The van der Waals surface area contributed by atoms with E-state index in [9.17, 15) is 20.1 Å². The van der Waals surface area contributed by atoms with Crippen molar-refractivity contribution in [3.8, 4) is 34.1 Å². The maximum absolute atomic E-state index is 12.8. The number of aryl methyl sites for hydroxylation is 1. The van der Waals surface area contributed by atoms with Crippen LogP contribution in [-0.2, 0) is 7.05 Å². The molecule has 3 N–H and O–H groups in total. The molecule has 0 spiro atoms. The first kappa shape index (κ1) is 17.8. The lowest BCUT2D eigenvalue weighted by molar-refractivity contribution is 0.101. The second-order valence-corrected chi connectivity index (χ2v) is 7.08. The number of phenolic OH excluding ortho intramolecular Hbond substituents is 3. The SMILES string of the molecule is Cn1cc(/C=C2\Oc3cc(O)cc(O)c3C2=O)c2c(-c3ccc(O)cc3)ccnc21. The van der Waals surface area contributed by atoms with Gasteiger partial charge in [0.05, 0.1) is 0 Å². The number of fused-ring (bicyclic) bond motifs is 2. The van der Waals surface area contributed by atoms with Crippen LogP contribution in [0.3, 0.4) is 0 Å². The Labute approximate surface area is 170 Å². The second kappa shape index (κ2) is 6.38. The molecule has 2 aromatic heterocycles. The van der Waals surface area contributed by atoms with E-state index in [1.54, 1.807) is 24.4 Å². The highest BCUT2D eigenvalue weighted by atomic mass is 16.5. The smallest absolute Gasteiger partial charge is 0.235 e. The summed E-state index contributed by atoms with van der Waals surface area (Å²) in [4.78, 5) is 17.2. The van der Waals surface area contributed by atoms with Crippen LogP contribution < -0.4 is 4.74 Å². The number of rotatable bonds is 2. The van der Waals surface area contributed by atoms with Crippen LogP contribution >= 0.6 is 0 Å². The Morgan fingerprint density at radius 1 is 1.03 bits per heavy atom. The average molecular weight is 400 g/mol. The number of ether oxygens (including phenoxy) is 1. The molecule has 2 aromatic carbocycles. The third-order valence-corrected chi connectivity index (χ3v) is 5.09. The summed E-state index contributed by atoms with van der Waals surface area (Å²) in [6, 6.07) is 11.1. The van der Waals surface area contributed by atoms with Gasteiger partial charge in [0.15, 0.2) is 5.76 Å². The molecule has 7 heteroatoms. The molecule has 0 aliphatic carbocycles. The Balaban J connectivity index is 1.68. The topological polar surface area (TPSA) is 105 Å². The molecule has 1 aliphatic heterocycles. The Hall–Kier alpha value is -4.26. The molecule has 0 radical (unpaired) electrons. The molecule has 1 aliphatic rings. The fourth-order valence-electron chi connectivity index (χ4n) is 3.75. The standard InChI is InChI=1S/C23H16N2O5/c1-25-11-13(8-19-22(29)21-17(28)9-15(27)10-18(21)30-19)20-16(6-7-24-23(20)25)12-2-4-14(26)5-3-12/h2-11,26-28H,1H3/b19-8-. The summed E-state index contributed by atoms with van der Waals surface area (Å²) >= 11 is 0. The number of pyridine rings is 1. The summed E-state index contributed by atoms with van der Waals surface area (Å²) in [7, 11) is 1.86. The van der Waals surface area contributed by atoms with Crippen LogP contribution in [0.15, 0.2) is 60.6 Å². The van der Waals surface area contributed by atoms with Gasteiger partial charge in [-0.25, -0.2) is 4.98 Å². The molecule has 0 bridgehead atoms. The average Bonchev–Trinajstić information content (AvgIpc) is 3.19. The van der Waals surface area contributed by atoms with E-state index in [1.165, 1.54) is 6.07 Å². The maximum atomic E-state index is 12.8. The highest BCUT2D eigenvalue weighted by Gasteiger charge is 2.31. The van der Waals surface area contributed by atoms with Crippen LogP contribution in [0.25, 0.3) is 28.2 Å². The first-order valence-electron chi connectivity index (χ1n) is 9.16. The number of nitrogens with zero attached hydrogens (tertiary/aromatic N) is 2. The molecule has 0 fully saturated rings. The number of ketones is 1. The van der Waals surface area contributed by atoms with Crippen LogP contribution in [0, 0.1) is 0 Å². The summed E-state index contributed by atoms with van der Waals surface area (Å²) < 4.78 is 7.48. The summed E-state index contributed by atoms with van der Waals surface area (Å²) in [5.41, 5.74) is 3.22. The minimum Gasteiger partial charge on any atom is -0.508 e. The van der Waals surface area contributed by atoms with E-state index >= 15 is 0 Å². The van der Waals surface area contributed by atoms with Gasteiger partial charge in [-0.1, -0.05) is 12.1 Å². The minimum absolute atomic E-state index is 0.0242. The number of aromatic nitrogens is 2. The summed E-state index contributed by atoms with van der Waals surface area (Å²) in [5, 5.41) is 30.1. The number of phenols is 3. The van der Waals surface area contributed by atoms with Crippen LogP contribution in [0.5, 0.6) is 23.0 Å². The third kappa shape index (κ3) is 2.68. The number of carbonyl (C=O) groups is 1. The number of allylic oxidation sites excluding steroid dienone is 1. The molecule has 30 heavy (non-hydrogen) atoms. The molecule has 7 nitrogen and oxygen atoms in total. The van der Waals surface area contributed by atoms with Crippen LogP contribution in [0.4, 0.5) is 0 Å². The summed E-state index contributed by atoms with van der Waals surface area (Å²) in [5.74, 6) is -0.661. The van der Waals surface area contributed by atoms with Gasteiger partial charge in [0.1, 0.15) is 34.2 Å². The van der Waals surface area contributed by atoms with Gasteiger partial charge in [-0.15, -0.1) is 0 Å². The highest BCUT2D eigenvalue weighted by molar-refractivity contribution is 6.17. The number of carbonyl (C=O) groups excluding carboxylic acids is 1. The van der Waals surface area contributed by atoms with Gasteiger partial charge < -0.3 is 24.6 Å². The molecule has 0 saturated carbocycles. The Kier molecular flexibility index (Phi) is 3.79. The summed E-state index contributed by atoms with van der Waals surface area (Å²) in [6.45, 7) is 0. The van der Waals surface area contributed by atoms with E-state index in [1.807, 2.05) is 36.0 Å². The number of Topliss-reactive ketones (excluding diaryl/α,β-unsaturated/α-hetero) is 1. The second-order valence-electron chi connectivity index (χ2n) is 7.08. The van der Waals surface area contributed by atoms with Gasteiger partial charge in [-0.2, -0.15) is 0 Å². The molecule has 3 heterocycles. The van der Waals surface area contributed by atoms with Crippen LogP contribution in [0.2, 0.25) is 0 Å². The normalized spacial score (nSPS) is 14.3. The van der Waals surface area contributed by atoms with Crippen molar-refractivity contribution >= 4 is 22.9 Å². The van der Waals surface area contributed by atoms with E-state index in [-0.39, 0.29) is 34.3 Å². The molecule has 0 unspecified atom stereocenters. The maximum Gasteiger partial charge on any atom is 0.235 e. The minimum atomic E-state index is -0.463. The quantitative estimate of drug-likeness (QED) is 0.440. The number of hydrogen-bond acceptors (Lipinski definition) is 6. The van der Waals surface area contributed by atoms with Crippen molar-refractivity contribution in [1.29, 1.82) is 0 Å². The van der Waals surface area contributed by atoms with E-state index < -0.39 is 5.78 Å². The van der Waals surface area contributed by atoms with E-state index in [2.05, 4.69) is 4.98 Å². The van der Waals surface area contributed by atoms with Gasteiger partial charge in [-0.05, 0) is 35.4 Å². The Morgan fingerprint density at radius 3 is 2.57 bits per heavy atom. The molecule has 0 atom stereocenters. The first-order chi connectivity index (χ1) is 14.4. The molecule has 148 valence electrons. The van der Waals surface area contributed by atoms with Crippen molar-refractivity contribution < 1.29 is 24.9 Å². The Morgan fingerprint density at radius 2 is 1.80 bits per heavy atom. The number of aromatic hydroxyl groups is 3. The molecule has 0 saturated heterocycles. The van der Waals surface area contributed by atoms with Crippen molar-refractivity contribution in [1.82, 2.24) is 9.55 Å². The van der Waals surface area contributed by atoms with E-state index in [0.717, 1.165) is 28.2 Å². The molecule has 4 aromatic rings. The highest BCUT2D eigenvalue weighted by Crippen LogP contribution is 2.41. The fourth-order valence-corrected chi connectivity index (χ4v) is 3.75. The lowest BCUT2D eigenvalue weighted by atomic mass is 10.0. The van der Waals surface area contributed by atoms with Crippen molar-refractivity contribution in [3.63, 3.8) is 0 Å². The van der Waals surface area contributed by atoms with E-state index in [4.69, 9.17) is 4.74 Å². The van der Waals surface area contributed by atoms with E-state index in [0.29, 0.717) is 5.56 Å². The van der Waals surface area contributed by atoms with Gasteiger partial charge in [0, 0.05) is 42.5 Å². The zero-order chi connectivity index (χ0) is 21.0. The third-order valence-electron chi connectivity index (χ3n) is 5.09. The van der Waals surface area contributed by atoms with Crippen LogP contribution in [0.1, 0.15) is 15.9 Å². The first-order valence-corrected chi connectivity index (χ1v) is 9.16. The predicted molar refractivity (Wildman–Crippen MR) is 111 cm³/mol. The number of hydrogen-bond donors (Lipinski definition) is 3. The van der Waals surface area contributed by atoms with Crippen molar-refractivity contribution in [2.75, 3.05) is 0 Å². The monoisotopic (exact) mass is 400 g/mol. The largest absolute Gasteiger partial charge is 0.508 e. The Bertz CT molecular complexity index is 1370. The predicted octanol–water partition coefficient (Wildman–Crippen LogP) is 3.97. The van der Waals surface area contributed by atoms with Crippen molar-refractivity contribution in [3.05, 3.63) is 71.7 Å². The molecular formula is C23H16N2O5. The van der Waals surface area contributed by atoms with Gasteiger partial charge >= 0.3 is 0 Å². The van der Waals surface area contributed by atoms with Crippen molar-refractivity contribution in [2.24, 2.45) is 7.05 Å². The molecule has 5 rings (SSSR count). The van der Waals surface area contributed by atoms with Crippen LogP contribution in [-0.4, -0.2) is 30.7 Å². The lowest BCUT2D eigenvalue weighted by Gasteiger charge is -2.06. The zero-order valence-corrected chi connectivity index (χ0v) is 15.8. The van der Waals surface area contributed by atoms with Gasteiger partial charge in [-0.3, -0.25) is 4.79 Å².